The monoisotopic (exact) mass is 237 g/mol. The molecule has 16 heavy (non-hydrogen) atoms. The zero-order chi connectivity index (χ0) is 12.2. The lowest BCUT2D eigenvalue weighted by Crippen LogP contribution is -2.33. The van der Waals surface area contributed by atoms with Crippen molar-refractivity contribution in [3.05, 3.63) is 29.8 Å². The molecule has 0 amide bonds. The van der Waals surface area contributed by atoms with Gasteiger partial charge in [0.25, 0.3) is 0 Å². The Bertz CT molecular complexity index is 382. The average molecular weight is 237 g/mol. The van der Waals surface area contributed by atoms with E-state index in [-0.39, 0.29) is 5.56 Å². The number of halogens is 4. The Morgan fingerprint density at radius 1 is 1.38 bits per heavy atom. The van der Waals surface area contributed by atoms with Crippen LogP contribution in [0.1, 0.15) is 5.56 Å². The highest BCUT2D eigenvalue weighted by molar-refractivity contribution is 5.79. The number of oxime groups is 1. The third kappa shape index (κ3) is 3.11. The van der Waals surface area contributed by atoms with Crippen LogP contribution in [0.25, 0.3) is 0 Å². The molecule has 0 aromatic heterocycles. The number of alkyl halides is 4. The van der Waals surface area contributed by atoms with Gasteiger partial charge in [0, 0.05) is 0 Å². The highest BCUT2D eigenvalue weighted by Gasteiger charge is 2.43. The molecule has 0 bridgehead atoms. The van der Waals surface area contributed by atoms with Crippen LogP contribution in [0.4, 0.5) is 17.6 Å². The predicted molar refractivity (Wildman–Crippen MR) is 47.4 cm³/mol. The molecule has 0 radical (unpaired) electrons. The molecule has 0 atom stereocenters. The Kier molecular flexibility index (Phi) is 3.70. The third-order valence-corrected chi connectivity index (χ3v) is 1.57. The van der Waals surface area contributed by atoms with Gasteiger partial charge in [-0.05, 0) is 17.7 Å². The van der Waals surface area contributed by atoms with Gasteiger partial charge in [0.2, 0.25) is 0 Å². The van der Waals surface area contributed by atoms with Crippen molar-refractivity contribution in [1.82, 2.24) is 0 Å². The summed E-state index contributed by atoms with van der Waals surface area (Å²) in [5.74, 6) is -0.442. The van der Waals surface area contributed by atoms with Gasteiger partial charge in [-0.2, -0.15) is 17.6 Å². The molecule has 0 spiro atoms. The number of rotatable bonds is 4. The largest absolute Gasteiger partial charge is 0.461 e. The molecule has 0 aliphatic rings. The van der Waals surface area contributed by atoms with E-state index in [2.05, 4.69) is 9.89 Å². The lowest BCUT2D eigenvalue weighted by molar-refractivity contribution is -0.253. The van der Waals surface area contributed by atoms with Gasteiger partial charge >= 0.3 is 12.5 Å². The Labute approximate surface area is 87.9 Å². The molecule has 1 rings (SSSR count). The maximum atomic E-state index is 12.5. The number of nitrogens with zero attached hydrogens (tertiary/aromatic N) is 1. The van der Waals surface area contributed by atoms with E-state index in [1.165, 1.54) is 12.1 Å². The summed E-state index contributed by atoms with van der Waals surface area (Å²) in [7, 11) is 0. The summed E-state index contributed by atoms with van der Waals surface area (Å²) in [6.45, 7) is 0. The van der Waals surface area contributed by atoms with Crippen LogP contribution in [0.2, 0.25) is 0 Å². The summed E-state index contributed by atoms with van der Waals surface area (Å²) in [6, 6.07) is 4.85. The molecule has 1 aromatic rings. The lowest BCUT2D eigenvalue weighted by Gasteiger charge is -2.16. The van der Waals surface area contributed by atoms with Gasteiger partial charge in [-0.25, -0.2) is 0 Å². The molecule has 0 saturated heterocycles. The molecule has 0 heterocycles. The molecule has 88 valence electrons. The molecule has 0 saturated carbocycles. The van der Waals surface area contributed by atoms with E-state index in [1.807, 2.05) is 0 Å². The number of ether oxygens (including phenoxy) is 1. The van der Waals surface area contributed by atoms with Crippen molar-refractivity contribution in [2.45, 2.75) is 12.5 Å². The van der Waals surface area contributed by atoms with Crippen molar-refractivity contribution in [2.75, 3.05) is 0 Å². The van der Waals surface area contributed by atoms with E-state index in [0.717, 1.165) is 18.3 Å². The first-order valence-corrected chi connectivity index (χ1v) is 4.08. The number of benzene rings is 1. The maximum absolute atomic E-state index is 12.5. The number of hydrogen-bond acceptors (Lipinski definition) is 3. The first-order chi connectivity index (χ1) is 7.45. The fourth-order valence-corrected chi connectivity index (χ4v) is 0.927. The standard InChI is InChI=1S/C9H7F4NO2/c10-8(11)9(12,13)16-7-3-1-2-6(4-7)5-14-15/h1-5,8,15H/b14-5+. The molecule has 0 unspecified atom stereocenters. The van der Waals surface area contributed by atoms with E-state index in [1.54, 1.807) is 0 Å². The van der Waals surface area contributed by atoms with Gasteiger partial charge in [0.15, 0.2) is 0 Å². The minimum Gasteiger partial charge on any atom is -0.428 e. The van der Waals surface area contributed by atoms with Gasteiger partial charge in [0.1, 0.15) is 5.75 Å². The van der Waals surface area contributed by atoms with Crippen LogP contribution in [0.3, 0.4) is 0 Å². The Balaban J connectivity index is 2.85. The van der Waals surface area contributed by atoms with Gasteiger partial charge in [-0.1, -0.05) is 17.3 Å². The second-order valence-corrected chi connectivity index (χ2v) is 2.78. The molecular weight excluding hydrogens is 230 g/mol. The molecular formula is C9H7F4NO2. The van der Waals surface area contributed by atoms with E-state index in [0.29, 0.717) is 0 Å². The summed E-state index contributed by atoms with van der Waals surface area (Å²) in [5, 5.41) is 10.9. The Morgan fingerprint density at radius 2 is 2.06 bits per heavy atom. The minimum absolute atomic E-state index is 0.241. The van der Waals surface area contributed by atoms with Crippen molar-refractivity contribution in [3.8, 4) is 5.75 Å². The van der Waals surface area contributed by atoms with Crippen LogP contribution in [0.15, 0.2) is 29.4 Å². The van der Waals surface area contributed by atoms with Crippen molar-refractivity contribution < 1.29 is 27.5 Å². The third-order valence-electron chi connectivity index (χ3n) is 1.57. The summed E-state index contributed by atoms with van der Waals surface area (Å²) in [5.41, 5.74) is 0.241. The van der Waals surface area contributed by atoms with Gasteiger partial charge in [-0.15, -0.1) is 0 Å². The van der Waals surface area contributed by atoms with E-state index in [4.69, 9.17) is 5.21 Å². The molecule has 1 N–H and O–H groups in total. The van der Waals surface area contributed by atoms with Crippen LogP contribution in [0.5, 0.6) is 5.75 Å². The smallest absolute Gasteiger partial charge is 0.428 e. The Hall–Kier alpha value is -1.79. The average Bonchev–Trinajstić information content (AvgIpc) is 2.17. The zero-order valence-corrected chi connectivity index (χ0v) is 7.78. The SMILES string of the molecule is O/N=C/c1cccc(OC(F)(F)C(F)F)c1. The van der Waals surface area contributed by atoms with E-state index >= 15 is 0 Å². The first-order valence-electron chi connectivity index (χ1n) is 4.08. The van der Waals surface area contributed by atoms with Crippen LogP contribution in [-0.2, 0) is 0 Å². The van der Waals surface area contributed by atoms with Crippen molar-refractivity contribution in [3.63, 3.8) is 0 Å². The lowest BCUT2D eigenvalue weighted by atomic mass is 10.2. The number of hydrogen-bond donors (Lipinski definition) is 1. The predicted octanol–water partition coefficient (Wildman–Crippen LogP) is 2.73. The normalized spacial score (nSPS) is 12.3. The maximum Gasteiger partial charge on any atom is 0.461 e. The minimum atomic E-state index is -4.55. The van der Waals surface area contributed by atoms with E-state index < -0.39 is 18.3 Å². The van der Waals surface area contributed by atoms with Gasteiger partial charge in [0.05, 0.1) is 6.21 Å². The molecule has 3 nitrogen and oxygen atoms in total. The highest BCUT2D eigenvalue weighted by Crippen LogP contribution is 2.27. The summed E-state index contributed by atoms with van der Waals surface area (Å²) < 4.78 is 52.4. The van der Waals surface area contributed by atoms with Crippen molar-refractivity contribution >= 4 is 6.21 Å². The molecule has 0 aliphatic carbocycles. The molecule has 7 heteroatoms. The summed E-state index contributed by atoms with van der Waals surface area (Å²) in [4.78, 5) is 0. The topological polar surface area (TPSA) is 41.8 Å². The molecule has 1 aromatic carbocycles. The van der Waals surface area contributed by atoms with Crippen molar-refractivity contribution in [1.29, 1.82) is 0 Å². The van der Waals surface area contributed by atoms with Gasteiger partial charge < -0.3 is 9.94 Å². The molecule has 0 aliphatic heterocycles. The quantitative estimate of drug-likeness (QED) is 0.378. The fourth-order valence-electron chi connectivity index (χ4n) is 0.927. The highest BCUT2D eigenvalue weighted by atomic mass is 19.3. The van der Waals surface area contributed by atoms with Crippen LogP contribution in [0, 0.1) is 0 Å². The van der Waals surface area contributed by atoms with Crippen LogP contribution >= 0.6 is 0 Å². The Morgan fingerprint density at radius 3 is 2.62 bits per heavy atom. The first kappa shape index (κ1) is 12.3. The van der Waals surface area contributed by atoms with Crippen LogP contribution in [-0.4, -0.2) is 24.0 Å². The van der Waals surface area contributed by atoms with E-state index in [9.17, 15) is 17.6 Å². The summed E-state index contributed by atoms with van der Waals surface area (Å²) >= 11 is 0. The second-order valence-electron chi connectivity index (χ2n) is 2.78. The zero-order valence-electron chi connectivity index (χ0n) is 7.78. The summed E-state index contributed by atoms with van der Waals surface area (Å²) in [6.07, 6.45) is -7.51. The molecule has 0 fully saturated rings. The van der Waals surface area contributed by atoms with Gasteiger partial charge in [-0.3, -0.25) is 0 Å². The van der Waals surface area contributed by atoms with Crippen LogP contribution < -0.4 is 4.74 Å². The fraction of sp³-hybridized carbons (Fsp3) is 0.222. The van der Waals surface area contributed by atoms with Crippen molar-refractivity contribution in [2.24, 2.45) is 5.16 Å². The second kappa shape index (κ2) is 4.82.